The highest BCUT2D eigenvalue weighted by atomic mass is 16.5. The quantitative estimate of drug-likeness (QED) is 0.673. The van der Waals surface area contributed by atoms with Crippen LogP contribution in [-0.4, -0.2) is 65.5 Å². The van der Waals surface area contributed by atoms with Crippen molar-refractivity contribution in [1.82, 2.24) is 19.8 Å². The van der Waals surface area contributed by atoms with E-state index in [0.717, 1.165) is 87.1 Å². The summed E-state index contributed by atoms with van der Waals surface area (Å²) in [5.74, 6) is 2.98. The molecule has 7 nitrogen and oxygen atoms in total. The van der Waals surface area contributed by atoms with Crippen molar-refractivity contribution in [3.8, 4) is 5.75 Å². The van der Waals surface area contributed by atoms with E-state index in [1.54, 1.807) is 7.11 Å². The van der Waals surface area contributed by atoms with Crippen molar-refractivity contribution in [1.29, 1.82) is 0 Å². The number of carbonyl (C=O) groups is 1. The number of amides is 1. The molecule has 2 saturated heterocycles. The topological polar surface area (TPSA) is 61.8 Å². The molecule has 176 valence electrons. The van der Waals surface area contributed by atoms with Crippen molar-refractivity contribution >= 4 is 11.7 Å². The third-order valence-electron chi connectivity index (χ3n) is 7.35. The van der Waals surface area contributed by atoms with Crippen LogP contribution in [0.4, 0.5) is 5.82 Å². The lowest BCUT2D eigenvalue weighted by atomic mass is 10.0. The first-order chi connectivity index (χ1) is 16.1. The SMILES string of the molecule is COc1ccccc1CN1CCCc2c(C)nc(C3CCCN3C(=O)CN3CCCC3)nc21. The first-order valence-electron chi connectivity index (χ1n) is 12.4. The summed E-state index contributed by atoms with van der Waals surface area (Å²) in [6, 6.07) is 8.18. The van der Waals surface area contributed by atoms with Gasteiger partial charge in [0, 0.05) is 36.5 Å². The fourth-order valence-electron chi connectivity index (χ4n) is 5.61. The van der Waals surface area contributed by atoms with E-state index < -0.39 is 0 Å². The molecule has 0 spiro atoms. The molecule has 3 aliphatic rings. The average molecular weight is 450 g/mol. The summed E-state index contributed by atoms with van der Waals surface area (Å²) in [5, 5.41) is 0. The minimum Gasteiger partial charge on any atom is -0.496 e. The van der Waals surface area contributed by atoms with Gasteiger partial charge in [-0.1, -0.05) is 18.2 Å². The Balaban J connectivity index is 1.41. The van der Waals surface area contributed by atoms with Crippen LogP contribution in [0.2, 0.25) is 0 Å². The Morgan fingerprint density at radius 2 is 1.88 bits per heavy atom. The number of methoxy groups -OCH3 is 1. The molecular weight excluding hydrogens is 414 g/mol. The first kappa shape index (κ1) is 22.1. The highest BCUT2D eigenvalue weighted by Crippen LogP contribution is 2.35. The predicted molar refractivity (Wildman–Crippen MR) is 128 cm³/mol. The molecule has 2 fully saturated rings. The third kappa shape index (κ3) is 4.56. The van der Waals surface area contributed by atoms with Gasteiger partial charge in [-0.25, -0.2) is 9.97 Å². The lowest BCUT2D eigenvalue weighted by Gasteiger charge is -2.33. The molecule has 1 amide bonds. The number of nitrogens with zero attached hydrogens (tertiary/aromatic N) is 5. The highest BCUT2D eigenvalue weighted by Gasteiger charge is 2.34. The van der Waals surface area contributed by atoms with Gasteiger partial charge in [0.25, 0.3) is 0 Å². The molecule has 33 heavy (non-hydrogen) atoms. The Morgan fingerprint density at radius 3 is 2.70 bits per heavy atom. The van der Waals surface area contributed by atoms with Gasteiger partial charge in [0.2, 0.25) is 5.91 Å². The van der Waals surface area contributed by atoms with Gasteiger partial charge >= 0.3 is 0 Å². The molecule has 1 aromatic heterocycles. The number of hydrogen-bond acceptors (Lipinski definition) is 6. The van der Waals surface area contributed by atoms with Gasteiger partial charge in [-0.2, -0.15) is 0 Å². The molecule has 0 saturated carbocycles. The number of anilines is 1. The maximum atomic E-state index is 13.1. The van der Waals surface area contributed by atoms with Crippen LogP contribution in [-0.2, 0) is 17.8 Å². The Kier molecular flexibility index (Phi) is 6.49. The Hall–Kier alpha value is -2.67. The number of hydrogen-bond donors (Lipinski definition) is 0. The minimum absolute atomic E-state index is 0.0147. The van der Waals surface area contributed by atoms with Crippen LogP contribution in [0.15, 0.2) is 24.3 Å². The minimum atomic E-state index is -0.0147. The van der Waals surface area contributed by atoms with Crippen molar-refractivity contribution in [3.63, 3.8) is 0 Å². The van der Waals surface area contributed by atoms with Crippen LogP contribution in [0.25, 0.3) is 0 Å². The van der Waals surface area contributed by atoms with Crippen molar-refractivity contribution in [3.05, 3.63) is 46.9 Å². The zero-order valence-corrected chi connectivity index (χ0v) is 19.9. The molecule has 1 unspecified atom stereocenters. The number of carbonyl (C=O) groups excluding carboxylic acids is 1. The number of rotatable bonds is 6. The molecule has 0 aliphatic carbocycles. The van der Waals surface area contributed by atoms with Gasteiger partial charge in [-0.15, -0.1) is 0 Å². The summed E-state index contributed by atoms with van der Waals surface area (Å²) in [6.45, 7) is 7.23. The van der Waals surface area contributed by atoms with Crippen molar-refractivity contribution in [2.45, 2.75) is 58.0 Å². The highest BCUT2D eigenvalue weighted by molar-refractivity contribution is 5.79. The van der Waals surface area contributed by atoms with E-state index >= 15 is 0 Å². The Labute approximate surface area is 196 Å². The van der Waals surface area contributed by atoms with E-state index in [1.807, 2.05) is 17.0 Å². The summed E-state index contributed by atoms with van der Waals surface area (Å²) in [5.41, 5.74) is 3.46. The van der Waals surface area contributed by atoms with Gasteiger partial charge in [-0.05, 0) is 64.6 Å². The first-order valence-corrected chi connectivity index (χ1v) is 12.4. The van der Waals surface area contributed by atoms with E-state index in [9.17, 15) is 4.79 Å². The summed E-state index contributed by atoms with van der Waals surface area (Å²) in [4.78, 5) is 29.9. The lowest BCUT2D eigenvalue weighted by Crippen LogP contribution is -2.39. The monoisotopic (exact) mass is 449 g/mol. The van der Waals surface area contributed by atoms with Gasteiger partial charge in [0.1, 0.15) is 11.6 Å². The predicted octanol–water partition coefficient (Wildman–Crippen LogP) is 3.51. The molecule has 0 bridgehead atoms. The number of aromatic nitrogens is 2. The summed E-state index contributed by atoms with van der Waals surface area (Å²) in [6.07, 6.45) is 6.46. The fraction of sp³-hybridized carbons (Fsp3) is 0.577. The van der Waals surface area contributed by atoms with Crippen LogP contribution in [0.1, 0.15) is 60.8 Å². The van der Waals surface area contributed by atoms with Gasteiger partial charge in [-0.3, -0.25) is 9.69 Å². The summed E-state index contributed by atoms with van der Waals surface area (Å²) in [7, 11) is 1.72. The molecule has 0 radical (unpaired) electrons. The molecule has 4 heterocycles. The molecule has 7 heteroatoms. The van der Waals surface area contributed by atoms with Crippen LogP contribution in [0, 0.1) is 6.92 Å². The zero-order valence-electron chi connectivity index (χ0n) is 19.9. The van der Waals surface area contributed by atoms with E-state index in [2.05, 4.69) is 28.9 Å². The summed E-state index contributed by atoms with van der Waals surface area (Å²) >= 11 is 0. The average Bonchev–Trinajstić information content (AvgIpc) is 3.52. The molecule has 1 atom stereocenters. The second-order valence-corrected chi connectivity index (χ2v) is 9.53. The van der Waals surface area contributed by atoms with Crippen LogP contribution >= 0.6 is 0 Å². The lowest BCUT2D eigenvalue weighted by molar-refractivity contribution is -0.133. The maximum Gasteiger partial charge on any atom is 0.237 e. The normalized spacial score (nSPS) is 20.8. The molecule has 3 aliphatic heterocycles. The van der Waals surface area contributed by atoms with Crippen LogP contribution < -0.4 is 9.64 Å². The number of aryl methyl sites for hydroxylation is 1. The van der Waals surface area contributed by atoms with Crippen LogP contribution in [0.3, 0.4) is 0 Å². The summed E-state index contributed by atoms with van der Waals surface area (Å²) < 4.78 is 5.59. The van der Waals surface area contributed by atoms with Crippen molar-refractivity contribution < 1.29 is 9.53 Å². The second-order valence-electron chi connectivity index (χ2n) is 9.53. The van der Waals surface area contributed by atoms with E-state index in [0.29, 0.717) is 6.54 Å². The third-order valence-corrected chi connectivity index (χ3v) is 7.35. The van der Waals surface area contributed by atoms with E-state index in [1.165, 1.54) is 18.4 Å². The van der Waals surface area contributed by atoms with Crippen molar-refractivity contribution in [2.24, 2.45) is 0 Å². The van der Waals surface area contributed by atoms with Crippen LogP contribution in [0.5, 0.6) is 5.75 Å². The maximum absolute atomic E-state index is 13.1. The number of fused-ring (bicyclic) bond motifs is 1. The molecular formula is C26H35N5O2. The molecule has 0 N–H and O–H groups in total. The number of likely N-dealkylation sites (tertiary alicyclic amines) is 2. The van der Waals surface area contributed by atoms with Gasteiger partial charge in [0.05, 0.1) is 19.7 Å². The van der Waals surface area contributed by atoms with E-state index in [-0.39, 0.29) is 11.9 Å². The number of para-hydroxylation sites is 1. The smallest absolute Gasteiger partial charge is 0.237 e. The number of benzene rings is 1. The number of ether oxygens (including phenoxy) is 1. The van der Waals surface area contributed by atoms with Gasteiger partial charge < -0.3 is 14.5 Å². The van der Waals surface area contributed by atoms with Crippen molar-refractivity contribution in [2.75, 3.05) is 44.7 Å². The van der Waals surface area contributed by atoms with Gasteiger partial charge in [0.15, 0.2) is 5.82 Å². The Bertz CT molecular complexity index is 1000. The van der Waals surface area contributed by atoms with E-state index in [4.69, 9.17) is 14.7 Å². The molecule has 1 aromatic carbocycles. The largest absolute Gasteiger partial charge is 0.496 e. The molecule has 2 aromatic rings. The zero-order chi connectivity index (χ0) is 22.8. The fourth-order valence-corrected chi connectivity index (χ4v) is 5.61. The Morgan fingerprint density at radius 1 is 1.06 bits per heavy atom. The standard InChI is InChI=1S/C26H35N5O2/c1-19-21-10-7-15-30(17-20-9-3-4-12-23(20)33-2)26(21)28-25(27-19)22-11-8-16-31(22)24(32)18-29-13-5-6-14-29/h3-4,9,12,22H,5-8,10-11,13-18H2,1-2H3. The molecule has 5 rings (SSSR count). The second kappa shape index (κ2) is 9.67.